The highest BCUT2D eigenvalue weighted by Gasteiger charge is 2.41. The first-order chi connectivity index (χ1) is 9.68. The van der Waals surface area contributed by atoms with Crippen LogP contribution in [0, 0.1) is 5.92 Å². The van der Waals surface area contributed by atoms with Crippen molar-refractivity contribution in [2.45, 2.75) is 12.4 Å². The quantitative estimate of drug-likeness (QED) is 0.801. The summed E-state index contributed by atoms with van der Waals surface area (Å²) in [4.78, 5) is 1.34. The van der Waals surface area contributed by atoms with Crippen molar-refractivity contribution in [1.29, 1.82) is 0 Å². The summed E-state index contributed by atoms with van der Waals surface area (Å²) in [6.07, 6.45) is -8.89. The van der Waals surface area contributed by atoms with Crippen LogP contribution in [0.25, 0.3) is 0 Å². The van der Waals surface area contributed by atoms with Gasteiger partial charge in [-0.15, -0.1) is 0 Å². The van der Waals surface area contributed by atoms with Gasteiger partial charge in [0.25, 0.3) is 0 Å². The molecule has 2 nitrogen and oxygen atoms in total. The lowest BCUT2D eigenvalue weighted by molar-refractivity contribution is -0.169. The van der Waals surface area contributed by atoms with Crippen molar-refractivity contribution in [2.75, 3.05) is 31.1 Å². The Morgan fingerprint density at radius 2 is 1.81 bits per heavy atom. The van der Waals surface area contributed by atoms with Gasteiger partial charge in [0.05, 0.1) is 11.5 Å². The Balaban J connectivity index is 2.24. The number of halogens is 6. The Hall–Kier alpha value is -1.44. The summed E-state index contributed by atoms with van der Waals surface area (Å²) in [6, 6.07) is 4.40. The summed E-state index contributed by atoms with van der Waals surface area (Å²) in [5, 5.41) is 2.66. The zero-order valence-corrected chi connectivity index (χ0v) is 10.9. The Kier molecular flexibility index (Phi) is 4.36. The molecule has 1 N–H and O–H groups in total. The molecule has 1 aliphatic heterocycles. The lowest BCUT2D eigenvalue weighted by atomic mass is 10.1. The molecule has 1 unspecified atom stereocenters. The Labute approximate surface area is 117 Å². The summed E-state index contributed by atoms with van der Waals surface area (Å²) in [6.45, 7) is -0.0481. The van der Waals surface area contributed by atoms with Gasteiger partial charge in [-0.2, -0.15) is 26.3 Å². The van der Waals surface area contributed by atoms with Crippen LogP contribution in [0.3, 0.4) is 0 Å². The molecule has 1 atom stereocenters. The van der Waals surface area contributed by atoms with Gasteiger partial charge >= 0.3 is 12.4 Å². The van der Waals surface area contributed by atoms with Gasteiger partial charge in [-0.25, -0.2) is 0 Å². The molecule has 0 aromatic heterocycles. The molecule has 1 aromatic carbocycles. The lowest BCUT2D eigenvalue weighted by Gasteiger charge is -2.27. The maximum Gasteiger partial charge on any atom is 0.416 e. The third-order valence-corrected chi connectivity index (χ3v) is 3.39. The number of hydrogen-bond acceptors (Lipinski definition) is 2. The largest absolute Gasteiger partial charge is 0.416 e. The van der Waals surface area contributed by atoms with E-state index in [-0.39, 0.29) is 25.3 Å². The van der Waals surface area contributed by atoms with E-state index in [0.717, 1.165) is 12.1 Å². The molecule has 8 heteroatoms. The van der Waals surface area contributed by atoms with Gasteiger partial charge in [0.1, 0.15) is 0 Å². The molecule has 1 aliphatic rings. The third-order valence-electron chi connectivity index (χ3n) is 3.39. The number of anilines is 1. The molecule has 2 rings (SSSR count). The summed E-state index contributed by atoms with van der Waals surface area (Å²) >= 11 is 0. The fourth-order valence-electron chi connectivity index (χ4n) is 2.24. The van der Waals surface area contributed by atoms with Crippen LogP contribution in [0.5, 0.6) is 0 Å². The highest BCUT2D eigenvalue weighted by atomic mass is 19.4. The van der Waals surface area contributed by atoms with Crippen LogP contribution >= 0.6 is 0 Å². The van der Waals surface area contributed by atoms with Gasteiger partial charge in [0.15, 0.2) is 0 Å². The highest BCUT2D eigenvalue weighted by molar-refractivity contribution is 5.49. The van der Waals surface area contributed by atoms with E-state index in [4.69, 9.17) is 0 Å². The topological polar surface area (TPSA) is 15.3 Å². The molecule has 1 heterocycles. The van der Waals surface area contributed by atoms with Gasteiger partial charge in [-0.1, -0.05) is 6.07 Å². The number of nitrogens with one attached hydrogen (secondary N) is 1. The zero-order valence-electron chi connectivity index (χ0n) is 10.9. The molecule has 1 fully saturated rings. The van der Waals surface area contributed by atoms with Crippen LogP contribution < -0.4 is 10.2 Å². The van der Waals surface area contributed by atoms with Crippen molar-refractivity contribution in [3.63, 3.8) is 0 Å². The van der Waals surface area contributed by atoms with Gasteiger partial charge < -0.3 is 10.2 Å². The molecule has 21 heavy (non-hydrogen) atoms. The van der Waals surface area contributed by atoms with Crippen molar-refractivity contribution in [3.05, 3.63) is 29.8 Å². The van der Waals surface area contributed by atoms with Crippen molar-refractivity contribution >= 4 is 5.69 Å². The molecule has 0 bridgehead atoms. The molecule has 0 spiro atoms. The van der Waals surface area contributed by atoms with Crippen LogP contribution in [-0.4, -0.2) is 32.4 Å². The minimum absolute atomic E-state index is 0.155. The van der Waals surface area contributed by atoms with E-state index in [2.05, 4.69) is 5.32 Å². The Bertz CT molecular complexity index is 482. The van der Waals surface area contributed by atoms with E-state index < -0.39 is 23.8 Å². The summed E-state index contributed by atoms with van der Waals surface area (Å²) in [5.41, 5.74) is -0.705. The summed E-state index contributed by atoms with van der Waals surface area (Å²) in [7, 11) is 0. The summed E-state index contributed by atoms with van der Waals surface area (Å²) < 4.78 is 76.5. The van der Waals surface area contributed by atoms with Crippen LogP contribution in [0.15, 0.2) is 24.3 Å². The first kappa shape index (κ1) is 15.9. The van der Waals surface area contributed by atoms with Crippen LogP contribution in [0.2, 0.25) is 0 Å². The van der Waals surface area contributed by atoms with Gasteiger partial charge in [-0.3, -0.25) is 0 Å². The number of benzene rings is 1. The van der Waals surface area contributed by atoms with Crippen molar-refractivity contribution in [2.24, 2.45) is 5.92 Å². The van der Waals surface area contributed by atoms with E-state index >= 15 is 0 Å². The number of hydrogen-bond donors (Lipinski definition) is 1. The number of alkyl halides is 6. The first-order valence-electron chi connectivity index (χ1n) is 6.37. The predicted octanol–water partition coefficient (Wildman–Crippen LogP) is 3.29. The van der Waals surface area contributed by atoms with Crippen molar-refractivity contribution in [1.82, 2.24) is 5.32 Å². The second kappa shape index (κ2) is 5.75. The second-order valence-electron chi connectivity index (χ2n) is 4.94. The first-order valence-corrected chi connectivity index (χ1v) is 6.37. The number of nitrogens with zero attached hydrogens (tertiary/aromatic N) is 1. The van der Waals surface area contributed by atoms with E-state index in [1.807, 2.05) is 0 Å². The van der Waals surface area contributed by atoms with Crippen LogP contribution in [-0.2, 0) is 6.18 Å². The van der Waals surface area contributed by atoms with E-state index in [1.165, 1.54) is 17.0 Å². The molecule has 0 saturated carbocycles. The Morgan fingerprint density at radius 1 is 1.10 bits per heavy atom. The normalized spacial score (nSPS) is 21.2. The smallest absolute Gasteiger partial charge is 0.370 e. The molecule has 0 radical (unpaired) electrons. The maximum absolute atomic E-state index is 12.8. The van der Waals surface area contributed by atoms with Gasteiger partial charge in [0.2, 0.25) is 0 Å². The zero-order chi connectivity index (χ0) is 15.7. The van der Waals surface area contributed by atoms with Crippen molar-refractivity contribution in [3.8, 4) is 0 Å². The SMILES string of the molecule is FC(F)(F)c1cccc(N2CCNCC(C(F)(F)F)C2)c1. The second-order valence-corrected chi connectivity index (χ2v) is 4.94. The fraction of sp³-hybridized carbons (Fsp3) is 0.538. The lowest BCUT2D eigenvalue weighted by Crippen LogP contribution is -2.38. The number of rotatable bonds is 1. The highest BCUT2D eigenvalue weighted by Crippen LogP contribution is 2.33. The molecule has 1 aromatic rings. The Morgan fingerprint density at radius 3 is 2.43 bits per heavy atom. The average molecular weight is 312 g/mol. The van der Waals surface area contributed by atoms with E-state index in [9.17, 15) is 26.3 Å². The molecule has 1 saturated heterocycles. The molecule has 0 aliphatic carbocycles. The molecule has 118 valence electrons. The standard InChI is InChI=1S/C13H14F6N2/c14-12(15,16)9-2-1-3-11(6-9)21-5-4-20-7-10(8-21)13(17,18)19/h1-3,6,10,20H,4-5,7-8H2. The monoisotopic (exact) mass is 312 g/mol. The fourth-order valence-corrected chi connectivity index (χ4v) is 2.24. The minimum Gasteiger partial charge on any atom is -0.370 e. The molecule has 0 amide bonds. The minimum atomic E-state index is -4.51. The third kappa shape index (κ3) is 4.03. The van der Waals surface area contributed by atoms with E-state index in [0.29, 0.717) is 6.54 Å². The van der Waals surface area contributed by atoms with Gasteiger partial charge in [-0.05, 0) is 18.2 Å². The van der Waals surface area contributed by atoms with Crippen LogP contribution in [0.1, 0.15) is 5.56 Å². The summed E-state index contributed by atoms with van der Waals surface area (Å²) in [5.74, 6) is -1.60. The van der Waals surface area contributed by atoms with E-state index in [1.54, 1.807) is 0 Å². The van der Waals surface area contributed by atoms with Crippen molar-refractivity contribution < 1.29 is 26.3 Å². The van der Waals surface area contributed by atoms with Crippen LogP contribution in [0.4, 0.5) is 32.0 Å². The predicted molar refractivity (Wildman–Crippen MR) is 66.1 cm³/mol. The maximum atomic E-state index is 12.8. The average Bonchev–Trinajstić information content (AvgIpc) is 2.63. The molecular formula is C13H14F6N2. The van der Waals surface area contributed by atoms with Gasteiger partial charge in [0, 0.05) is 31.9 Å². The molecular weight excluding hydrogens is 298 g/mol.